The fourth-order valence-corrected chi connectivity index (χ4v) is 3.01. The van der Waals surface area contributed by atoms with Gasteiger partial charge in [-0.2, -0.15) is 13.2 Å². The molecule has 10 heteroatoms. The summed E-state index contributed by atoms with van der Waals surface area (Å²) in [5, 5.41) is 29.3. The molecule has 0 aromatic rings. The monoisotopic (exact) mass is 326 g/mol. The van der Waals surface area contributed by atoms with Gasteiger partial charge < -0.3 is 26.2 Å². The van der Waals surface area contributed by atoms with Gasteiger partial charge in [-0.05, 0) is 31.5 Å². The maximum absolute atomic E-state index is 12.1. The molecule has 3 atom stereocenters. The molecule has 128 valence electrons. The predicted molar refractivity (Wildman–Crippen MR) is 73.9 cm³/mol. The number of carboxylic acid groups (broad SMARTS) is 1. The van der Waals surface area contributed by atoms with Crippen LogP contribution >= 0.6 is 0 Å². The Kier molecular flexibility index (Phi) is 6.66. The topological polar surface area (TPSA) is 116 Å². The number of nitrogens with two attached hydrogens (primary N) is 1. The van der Waals surface area contributed by atoms with Gasteiger partial charge in [-0.3, -0.25) is 4.79 Å². The minimum Gasteiger partial charge on any atom is -0.480 e. The molecule has 6 N–H and O–H groups in total. The molecule has 0 bridgehead atoms. The van der Waals surface area contributed by atoms with E-state index in [0.29, 0.717) is 19.3 Å². The van der Waals surface area contributed by atoms with Crippen molar-refractivity contribution in [2.75, 3.05) is 13.1 Å². The van der Waals surface area contributed by atoms with Crippen LogP contribution in [-0.4, -0.2) is 53.0 Å². The number of aliphatic carboxylic acids is 1. The Balaban J connectivity index is 2.61. The molecule has 0 spiro atoms. The first kappa shape index (κ1) is 19.2. The highest BCUT2D eigenvalue weighted by Gasteiger charge is 2.46. The maximum atomic E-state index is 12.1. The van der Waals surface area contributed by atoms with Gasteiger partial charge in [0.2, 0.25) is 0 Å². The van der Waals surface area contributed by atoms with E-state index in [1.165, 1.54) is 0 Å². The van der Waals surface area contributed by atoms with Crippen molar-refractivity contribution in [2.45, 2.75) is 43.7 Å². The van der Waals surface area contributed by atoms with E-state index < -0.39 is 37.3 Å². The van der Waals surface area contributed by atoms with Crippen molar-refractivity contribution in [1.82, 2.24) is 5.32 Å². The summed E-state index contributed by atoms with van der Waals surface area (Å²) in [6, 6.07) is 0. The Morgan fingerprint density at radius 3 is 2.50 bits per heavy atom. The van der Waals surface area contributed by atoms with Gasteiger partial charge in [0.15, 0.2) is 0 Å². The summed E-state index contributed by atoms with van der Waals surface area (Å²) >= 11 is 0. The van der Waals surface area contributed by atoms with Crippen molar-refractivity contribution in [3.05, 3.63) is 0 Å². The van der Waals surface area contributed by atoms with E-state index in [4.69, 9.17) is 15.8 Å². The summed E-state index contributed by atoms with van der Waals surface area (Å²) in [5.74, 6) is -1.91. The van der Waals surface area contributed by atoms with Crippen molar-refractivity contribution in [3.8, 4) is 0 Å². The normalized spacial score (nSPS) is 29.4. The van der Waals surface area contributed by atoms with E-state index in [2.05, 4.69) is 5.32 Å². The van der Waals surface area contributed by atoms with E-state index in [0.717, 1.165) is 0 Å². The molecule has 1 rings (SSSR count). The first-order valence-electron chi connectivity index (χ1n) is 7.20. The zero-order chi connectivity index (χ0) is 17.0. The fourth-order valence-electron chi connectivity index (χ4n) is 3.01. The van der Waals surface area contributed by atoms with Crippen molar-refractivity contribution in [3.63, 3.8) is 0 Å². The number of hydrogen-bond acceptors (Lipinski definition) is 5. The Hall–Kier alpha value is -0.835. The van der Waals surface area contributed by atoms with Crippen molar-refractivity contribution in [1.29, 1.82) is 0 Å². The van der Waals surface area contributed by atoms with Gasteiger partial charge in [-0.15, -0.1) is 0 Å². The highest BCUT2D eigenvalue weighted by Crippen LogP contribution is 2.38. The van der Waals surface area contributed by atoms with Gasteiger partial charge in [-0.25, -0.2) is 0 Å². The van der Waals surface area contributed by atoms with Gasteiger partial charge in [-0.1, -0.05) is 6.42 Å². The lowest BCUT2D eigenvalue weighted by molar-refractivity contribution is -0.148. The third kappa shape index (κ3) is 5.75. The number of nitrogens with one attached hydrogen (secondary N) is 1. The zero-order valence-electron chi connectivity index (χ0n) is 12.1. The Labute approximate surface area is 127 Å². The molecular formula is C12H22BF3N2O4. The maximum Gasteiger partial charge on any atom is 0.451 e. The van der Waals surface area contributed by atoms with E-state index in [-0.39, 0.29) is 25.2 Å². The SMILES string of the molecule is N[C@]1(C(=O)O)C[C@H](CCB(O)O)CC[C@H]1CNCC(F)(F)F. The summed E-state index contributed by atoms with van der Waals surface area (Å²) in [7, 11) is -1.46. The minimum atomic E-state index is -4.35. The van der Waals surface area contributed by atoms with Crippen LogP contribution < -0.4 is 11.1 Å². The van der Waals surface area contributed by atoms with Crippen molar-refractivity contribution >= 4 is 13.1 Å². The van der Waals surface area contributed by atoms with Gasteiger partial charge in [0, 0.05) is 12.5 Å². The second-order valence-electron chi connectivity index (χ2n) is 5.99. The number of rotatable bonds is 7. The fraction of sp³-hybridized carbons (Fsp3) is 0.917. The highest BCUT2D eigenvalue weighted by atomic mass is 19.4. The lowest BCUT2D eigenvalue weighted by Crippen LogP contribution is -2.60. The highest BCUT2D eigenvalue weighted by molar-refractivity contribution is 6.40. The first-order chi connectivity index (χ1) is 10.0. The lowest BCUT2D eigenvalue weighted by atomic mass is 9.66. The van der Waals surface area contributed by atoms with Crippen LogP contribution in [0.2, 0.25) is 6.32 Å². The van der Waals surface area contributed by atoms with E-state index >= 15 is 0 Å². The average Bonchev–Trinajstić information content (AvgIpc) is 2.37. The second kappa shape index (κ2) is 7.63. The Morgan fingerprint density at radius 1 is 1.36 bits per heavy atom. The molecule has 0 radical (unpaired) electrons. The third-order valence-corrected chi connectivity index (χ3v) is 4.23. The van der Waals surface area contributed by atoms with Crippen LogP contribution in [0.1, 0.15) is 25.7 Å². The van der Waals surface area contributed by atoms with E-state index in [9.17, 15) is 23.1 Å². The third-order valence-electron chi connectivity index (χ3n) is 4.23. The molecule has 0 amide bonds. The van der Waals surface area contributed by atoms with E-state index in [1.54, 1.807) is 0 Å². The van der Waals surface area contributed by atoms with Crippen molar-refractivity contribution in [2.24, 2.45) is 17.6 Å². The quantitative estimate of drug-likeness (QED) is 0.427. The van der Waals surface area contributed by atoms with Crippen LogP contribution in [0.5, 0.6) is 0 Å². The van der Waals surface area contributed by atoms with Gasteiger partial charge in [0.1, 0.15) is 5.54 Å². The molecule has 0 heterocycles. The number of carbonyl (C=O) groups is 1. The van der Waals surface area contributed by atoms with Crippen LogP contribution in [0.25, 0.3) is 0 Å². The van der Waals surface area contributed by atoms with Crippen LogP contribution in [0.3, 0.4) is 0 Å². The summed E-state index contributed by atoms with van der Waals surface area (Å²) in [6.07, 6.45) is -2.69. The molecule has 1 aliphatic carbocycles. The Morgan fingerprint density at radius 2 is 2.00 bits per heavy atom. The average molecular weight is 326 g/mol. The molecule has 0 saturated heterocycles. The van der Waals surface area contributed by atoms with E-state index in [1.807, 2.05) is 0 Å². The van der Waals surface area contributed by atoms with Crippen LogP contribution in [0.4, 0.5) is 13.2 Å². The van der Waals surface area contributed by atoms with Gasteiger partial charge in [0.05, 0.1) is 6.54 Å². The molecule has 0 aromatic heterocycles. The summed E-state index contributed by atoms with van der Waals surface area (Å²) in [6.45, 7) is -1.29. The minimum absolute atomic E-state index is 0.0817. The van der Waals surface area contributed by atoms with Crippen LogP contribution in [0.15, 0.2) is 0 Å². The first-order valence-corrected chi connectivity index (χ1v) is 7.20. The molecular weight excluding hydrogens is 304 g/mol. The van der Waals surface area contributed by atoms with Gasteiger partial charge in [0.25, 0.3) is 0 Å². The number of carboxylic acids is 1. The molecule has 1 fully saturated rings. The second-order valence-corrected chi connectivity index (χ2v) is 5.99. The molecule has 0 aliphatic heterocycles. The predicted octanol–water partition coefficient (Wildman–Crippen LogP) is 0.200. The molecule has 0 unspecified atom stereocenters. The molecule has 1 aliphatic rings. The lowest BCUT2D eigenvalue weighted by Gasteiger charge is -2.41. The summed E-state index contributed by atoms with van der Waals surface area (Å²) in [5.41, 5.74) is 4.35. The Bertz CT molecular complexity index is 384. The molecule has 0 aromatic carbocycles. The largest absolute Gasteiger partial charge is 0.480 e. The smallest absolute Gasteiger partial charge is 0.451 e. The summed E-state index contributed by atoms with van der Waals surface area (Å²) in [4.78, 5) is 11.5. The molecule has 1 saturated carbocycles. The summed E-state index contributed by atoms with van der Waals surface area (Å²) < 4.78 is 36.4. The van der Waals surface area contributed by atoms with Crippen molar-refractivity contribution < 1.29 is 33.1 Å². The number of hydrogen-bond donors (Lipinski definition) is 5. The molecule has 6 nitrogen and oxygen atoms in total. The molecule has 22 heavy (non-hydrogen) atoms. The van der Waals surface area contributed by atoms with Gasteiger partial charge >= 0.3 is 19.3 Å². The number of halogens is 3. The standard InChI is InChI=1S/C12H22BF3N2O4/c14-12(15,16)7-18-6-9-2-1-8(3-4-13(21)22)5-11(9,17)10(19)20/h8-9,18,21-22H,1-7,17H2,(H,19,20)/t8-,9-,11+/m0/s1. The van der Waals surface area contributed by atoms with Crippen LogP contribution in [-0.2, 0) is 4.79 Å². The number of alkyl halides is 3. The van der Waals surface area contributed by atoms with Crippen LogP contribution in [0, 0.1) is 11.8 Å². The zero-order valence-corrected chi connectivity index (χ0v) is 12.1.